The fourth-order valence-corrected chi connectivity index (χ4v) is 4.51. The first kappa shape index (κ1) is 25.6. The lowest BCUT2D eigenvalue weighted by Crippen LogP contribution is -2.44. The number of benzene rings is 2. The summed E-state index contributed by atoms with van der Waals surface area (Å²) in [6.07, 6.45) is 1.58. The Kier molecular flexibility index (Phi) is 9.79. The Balaban J connectivity index is 0.00000171. The fourth-order valence-electron chi connectivity index (χ4n) is 4.51. The Morgan fingerprint density at radius 3 is 2.45 bits per heavy atom. The highest BCUT2D eigenvalue weighted by Gasteiger charge is 2.22. The molecular formula is C24H33Cl2N3O2. The molecule has 1 fully saturated rings. The van der Waals surface area contributed by atoms with E-state index in [4.69, 9.17) is 4.74 Å². The maximum Gasteiger partial charge on any atom is 0.251 e. The van der Waals surface area contributed by atoms with Gasteiger partial charge in [0.15, 0.2) is 0 Å². The van der Waals surface area contributed by atoms with Crippen molar-refractivity contribution in [1.82, 2.24) is 15.5 Å². The van der Waals surface area contributed by atoms with Crippen LogP contribution in [0, 0.1) is 0 Å². The summed E-state index contributed by atoms with van der Waals surface area (Å²) in [7, 11) is 0. The third-order valence-electron chi connectivity index (χ3n) is 5.80. The standard InChI is InChI=1S/C24H31N3O2.2ClH/c1-17-14-27(15-18(2)29-17)16-19-7-9-21(10-8-19)24(28)26-13-23-22-6-4-3-5-20(22)11-12-25-23;;/h3-10,17-18,23,25H,11-16H2,1-2H3,(H,26,28);2*1H. The summed E-state index contributed by atoms with van der Waals surface area (Å²) < 4.78 is 5.80. The molecule has 0 bridgehead atoms. The van der Waals surface area contributed by atoms with E-state index in [1.165, 1.54) is 16.7 Å². The van der Waals surface area contributed by atoms with Gasteiger partial charge in [0.1, 0.15) is 0 Å². The zero-order valence-electron chi connectivity index (χ0n) is 18.2. The monoisotopic (exact) mass is 465 g/mol. The second kappa shape index (κ2) is 11.8. The van der Waals surface area contributed by atoms with E-state index >= 15 is 0 Å². The highest BCUT2D eigenvalue weighted by molar-refractivity contribution is 5.94. The van der Waals surface area contributed by atoms with E-state index in [1.807, 2.05) is 12.1 Å². The topological polar surface area (TPSA) is 53.6 Å². The van der Waals surface area contributed by atoms with Crippen LogP contribution in [0.2, 0.25) is 0 Å². The molecule has 170 valence electrons. The zero-order chi connectivity index (χ0) is 20.2. The third kappa shape index (κ3) is 6.67. The van der Waals surface area contributed by atoms with Crippen molar-refractivity contribution < 1.29 is 9.53 Å². The second-order valence-electron chi connectivity index (χ2n) is 8.31. The van der Waals surface area contributed by atoms with Crippen LogP contribution < -0.4 is 10.6 Å². The van der Waals surface area contributed by atoms with E-state index in [0.717, 1.165) is 32.6 Å². The zero-order valence-corrected chi connectivity index (χ0v) is 19.8. The van der Waals surface area contributed by atoms with Gasteiger partial charge in [-0.25, -0.2) is 0 Å². The van der Waals surface area contributed by atoms with Crippen LogP contribution in [0.1, 0.15) is 46.9 Å². The molecule has 0 spiro atoms. The molecule has 1 amide bonds. The fraction of sp³-hybridized carbons (Fsp3) is 0.458. The van der Waals surface area contributed by atoms with Crippen molar-refractivity contribution in [2.24, 2.45) is 0 Å². The van der Waals surface area contributed by atoms with E-state index in [-0.39, 0.29) is 49.0 Å². The minimum atomic E-state index is -0.0185. The minimum absolute atomic E-state index is 0. The molecule has 7 heteroatoms. The highest BCUT2D eigenvalue weighted by Crippen LogP contribution is 2.22. The lowest BCUT2D eigenvalue weighted by molar-refractivity contribution is -0.0704. The molecule has 2 aliphatic heterocycles. The van der Waals surface area contributed by atoms with Gasteiger partial charge in [0.25, 0.3) is 5.91 Å². The Morgan fingerprint density at radius 2 is 1.74 bits per heavy atom. The Morgan fingerprint density at radius 1 is 1.06 bits per heavy atom. The van der Waals surface area contributed by atoms with Crippen LogP contribution >= 0.6 is 24.8 Å². The molecule has 0 aromatic heterocycles. The molecule has 5 nitrogen and oxygen atoms in total. The van der Waals surface area contributed by atoms with Crippen LogP contribution in [-0.4, -0.2) is 49.2 Å². The molecule has 2 aliphatic rings. The van der Waals surface area contributed by atoms with Gasteiger partial charge < -0.3 is 15.4 Å². The molecule has 2 heterocycles. The molecule has 1 saturated heterocycles. The molecule has 2 aromatic carbocycles. The number of halogens is 2. The normalized spacial score (nSPS) is 23.1. The smallest absolute Gasteiger partial charge is 0.251 e. The van der Waals surface area contributed by atoms with Gasteiger partial charge in [-0.3, -0.25) is 9.69 Å². The van der Waals surface area contributed by atoms with Crippen LogP contribution in [0.4, 0.5) is 0 Å². The van der Waals surface area contributed by atoms with Crippen LogP contribution in [0.15, 0.2) is 48.5 Å². The predicted octanol–water partition coefficient (Wildman–Crippen LogP) is 3.76. The summed E-state index contributed by atoms with van der Waals surface area (Å²) in [5, 5.41) is 6.61. The molecular weight excluding hydrogens is 433 g/mol. The van der Waals surface area contributed by atoms with Crippen molar-refractivity contribution in [3.05, 3.63) is 70.8 Å². The van der Waals surface area contributed by atoms with E-state index in [2.05, 4.69) is 65.8 Å². The van der Waals surface area contributed by atoms with Crippen LogP contribution in [-0.2, 0) is 17.7 Å². The number of nitrogens with one attached hydrogen (secondary N) is 2. The Labute approximate surface area is 197 Å². The van der Waals surface area contributed by atoms with Gasteiger partial charge in [0, 0.05) is 37.8 Å². The summed E-state index contributed by atoms with van der Waals surface area (Å²) in [6.45, 7) is 8.57. The van der Waals surface area contributed by atoms with Gasteiger partial charge in [-0.1, -0.05) is 36.4 Å². The van der Waals surface area contributed by atoms with Gasteiger partial charge in [0.05, 0.1) is 12.2 Å². The molecule has 3 unspecified atom stereocenters. The summed E-state index contributed by atoms with van der Waals surface area (Å²) in [5.74, 6) is -0.0185. The molecule has 0 aliphatic carbocycles. The molecule has 2 aromatic rings. The van der Waals surface area contributed by atoms with Crippen LogP contribution in [0.3, 0.4) is 0 Å². The first-order valence-corrected chi connectivity index (χ1v) is 10.6. The first-order valence-electron chi connectivity index (χ1n) is 10.6. The summed E-state index contributed by atoms with van der Waals surface area (Å²) >= 11 is 0. The Hall–Kier alpha value is -1.63. The molecule has 3 atom stereocenters. The lowest BCUT2D eigenvalue weighted by atomic mass is 9.94. The van der Waals surface area contributed by atoms with Gasteiger partial charge in [-0.2, -0.15) is 0 Å². The third-order valence-corrected chi connectivity index (χ3v) is 5.80. The summed E-state index contributed by atoms with van der Waals surface area (Å²) in [4.78, 5) is 15.0. The number of hydrogen-bond acceptors (Lipinski definition) is 4. The molecule has 0 saturated carbocycles. The number of ether oxygens (including phenoxy) is 1. The highest BCUT2D eigenvalue weighted by atomic mass is 35.5. The Bertz CT molecular complexity index is 837. The lowest BCUT2D eigenvalue weighted by Gasteiger charge is -2.35. The van der Waals surface area contributed by atoms with E-state index < -0.39 is 0 Å². The maximum absolute atomic E-state index is 12.6. The molecule has 2 N–H and O–H groups in total. The predicted molar refractivity (Wildman–Crippen MR) is 129 cm³/mol. The number of rotatable bonds is 5. The van der Waals surface area contributed by atoms with Crippen LogP contribution in [0.25, 0.3) is 0 Å². The molecule has 0 radical (unpaired) electrons. The van der Waals surface area contributed by atoms with Gasteiger partial charge in [0.2, 0.25) is 0 Å². The van der Waals surface area contributed by atoms with Crippen LogP contribution in [0.5, 0.6) is 0 Å². The van der Waals surface area contributed by atoms with Crippen molar-refractivity contribution in [2.45, 2.75) is 45.1 Å². The number of morpholine rings is 1. The van der Waals surface area contributed by atoms with Gasteiger partial charge >= 0.3 is 0 Å². The largest absolute Gasteiger partial charge is 0.373 e. The van der Waals surface area contributed by atoms with Gasteiger partial charge in [-0.15, -0.1) is 24.8 Å². The average Bonchev–Trinajstić information content (AvgIpc) is 2.72. The van der Waals surface area contributed by atoms with Crippen molar-refractivity contribution in [3.63, 3.8) is 0 Å². The van der Waals surface area contributed by atoms with Gasteiger partial charge in [-0.05, 0) is 55.6 Å². The quantitative estimate of drug-likeness (QED) is 0.705. The van der Waals surface area contributed by atoms with E-state index in [9.17, 15) is 4.79 Å². The average molecular weight is 466 g/mol. The number of fused-ring (bicyclic) bond motifs is 1. The van der Waals surface area contributed by atoms with E-state index in [0.29, 0.717) is 12.1 Å². The second-order valence-corrected chi connectivity index (χ2v) is 8.31. The number of nitrogens with zero attached hydrogens (tertiary/aromatic N) is 1. The van der Waals surface area contributed by atoms with E-state index in [1.54, 1.807) is 0 Å². The number of carbonyl (C=O) groups excluding carboxylic acids is 1. The van der Waals surface area contributed by atoms with Crippen molar-refractivity contribution in [1.29, 1.82) is 0 Å². The van der Waals surface area contributed by atoms with Crippen molar-refractivity contribution >= 4 is 30.7 Å². The van der Waals surface area contributed by atoms with Crippen molar-refractivity contribution in [2.75, 3.05) is 26.2 Å². The summed E-state index contributed by atoms with van der Waals surface area (Å²) in [5.41, 5.74) is 4.61. The SMILES string of the molecule is CC1CN(Cc2ccc(C(=O)NCC3NCCc4ccccc43)cc2)CC(C)O1.Cl.Cl. The maximum atomic E-state index is 12.6. The minimum Gasteiger partial charge on any atom is -0.373 e. The summed E-state index contributed by atoms with van der Waals surface area (Å²) in [6, 6.07) is 16.6. The number of amides is 1. The number of carbonyl (C=O) groups is 1. The molecule has 31 heavy (non-hydrogen) atoms. The van der Waals surface area contributed by atoms with Crippen molar-refractivity contribution in [3.8, 4) is 0 Å². The first-order chi connectivity index (χ1) is 14.1. The number of hydrogen-bond donors (Lipinski definition) is 2. The molecule has 4 rings (SSSR count).